The van der Waals surface area contributed by atoms with Gasteiger partial charge in [-0.3, -0.25) is 0 Å². The van der Waals surface area contributed by atoms with Crippen LogP contribution in [0.25, 0.3) is 0 Å². The number of hydrogen-bond acceptors (Lipinski definition) is 4. The predicted octanol–water partition coefficient (Wildman–Crippen LogP) is 2.20. The zero-order valence-electron chi connectivity index (χ0n) is 11.6. The normalized spacial score (nSPS) is 27.6. The SMILES string of the molecule is NCCc1ccc(S(=O)(=O)N2CCC3CCCCC32)s1. The van der Waals surface area contributed by atoms with E-state index in [-0.39, 0.29) is 6.04 Å². The van der Waals surface area contributed by atoms with Gasteiger partial charge < -0.3 is 5.73 Å². The van der Waals surface area contributed by atoms with E-state index in [9.17, 15) is 8.42 Å². The Balaban J connectivity index is 1.83. The highest BCUT2D eigenvalue weighted by atomic mass is 32.2. The zero-order chi connectivity index (χ0) is 14.2. The molecular weight excluding hydrogens is 292 g/mol. The average Bonchev–Trinajstić information content (AvgIpc) is 3.05. The van der Waals surface area contributed by atoms with Crippen molar-refractivity contribution in [2.24, 2.45) is 11.7 Å². The molecular formula is C14H22N2O2S2. The topological polar surface area (TPSA) is 63.4 Å². The Bertz CT molecular complexity index is 567. The Morgan fingerprint density at radius 2 is 2.05 bits per heavy atom. The summed E-state index contributed by atoms with van der Waals surface area (Å²) in [4.78, 5) is 1.06. The van der Waals surface area contributed by atoms with E-state index in [0.717, 1.165) is 30.6 Å². The van der Waals surface area contributed by atoms with E-state index in [1.807, 2.05) is 6.07 Å². The fourth-order valence-corrected chi connectivity index (χ4v) is 6.78. The molecule has 6 heteroatoms. The minimum Gasteiger partial charge on any atom is -0.330 e. The fourth-order valence-electron chi connectivity index (χ4n) is 3.55. The van der Waals surface area contributed by atoms with E-state index in [2.05, 4.69) is 0 Å². The molecule has 0 amide bonds. The van der Waals surface area contributed by atoms with E-state index < -0.39 is 10.0 Å². The van der Waals surface area contributed by atoms with E-state index >= 15 is 0 Å². The Labute approximate surface area is 125 Å². The van der Waals surface area contributed by atoms with Crippen LogP contribution >= 0.6 is 11.3 Å². The lowest BCUT2D eigenvalue weighted by atomic mass is 9.86. The van der Waals surface area contributed by atoms with E-state index in [4.69, 9.17) is 5.73 Å². The Morgan fingerprint density at radius 3 is 2.85 bits per heavy atom. The van der Waals surface area contributed by atoms with Gasteiger partial charge >= 0.3 is 0 Å². The van der Waals surface area contributed by atoms with Crippen molar-refractivity contribution in [3.05, 3.63) is 17.0 Å². The summed E-state index contributed by atoms with van der Waals surface area (Å²) in [5.74, 6) is 0.585. The molecule has 20 heavy (non-hydrogen) atoms. The molecule has 1 aromatic rings. The molecule has 1 saturated heterocycles. The lowest BCUT2D eigenvalue weighted by Gasteiger charge is -2.30. The third-order valence-electron chi connectivity index (χ3n) is 4.55. The van der Waals surface area contributed by atoms with Gasteiger partial charge in [0.05, 0.1) is 0 Å². The molecule has 2 fully saturated rings. The maximum atomic E-state index is 12.8. The molecule has 0 bridgehead atoms. The van der Waals surface area contributed by atoms with Crippen LogP contribution in [0.2, 0.25) is 0 Å². The van der Waals surface area contributed by atoms with Crippen molar-refractivity contribution in [2.45, 2.75) is 48.8 Å². The van der Waals surface area contributed by atoms with Crippen molar-refractivity contribution in [1.29, 1.82) is 0 Å². The van der Waals surface area contributed by atoms with Crippen LogP contribution in [0.3, 0.4) is 0 Å². The number of nitrogens with two attached hydrogens (primary N) is 1. The second kappa shape index (κ2) is 5.75. The van der Waals surface area contributed by atoms with Crippen molar-refractivity contribution in [1.82, 2.24) is 4.31 Å². The lowest BCUT2D eigenvalue weighted by molar-refractivity contribution is 0.260. The number of rotatable bonds is 4. The van der Waals surface area contributed by atoms with Crippen molar-refractivity contribution in [3.8, 4) is 0 Å². The maximum absolute atomic E-state index is 12.8. The first-order valence-corrected chi connectivity index (χ1v) is 9.69. The first kappa shape index (κ1) is 14.5. The molecule has 0 radical (unpaired) electrons. The summed E-state index contributed by atoms with van der Waals surface area (Å²) in [5.41, 5.74) is 5.54. The standard InChI is InChI=1S/C14H22N2O2S2/c15-9-7-12-5-6-14(19-12)20(17,18)16-10-8-11-3-1-2-4-13(11)16/h5-6,11,13H,1-4,7-10,15H2. The molecule has 112 valence electrons. The van der Waals surface area contributed by atoms with Crippen LogP contribution in [0.1, 0.15) is 37.0 Å². The first-order chi connectivity index (χ1) is 9.63. The summed E-state index contributed by atoms with van der Waals surface area (Å²) in [6.07, 6.45) is 6.44. The highest BCUT2D eigenvalue weighted by molar-refractivity contribution is 7.91. The minimum absolute atomic E-state index is 0.244. The van der Waals surface area contributed by atoms with Crippen LogP contribution in [0.15, 0.2) is 16.3 Å². The molecule has 1 aliphatic heterocycles. The molecule has 2 heterocycles. The summed E-state index contributed by atoms with van der Waals surface area (Å²) < 4.78 is 27.9. The second-order valence-electron chi connectivity index (χ2n) is 5.78. The quantitative estimate of drug-likeness (QED) is 0.926. The smallest absolute Gasteiger partial charge is 0.252 e. The van der Waals surface area contributed by atoms with Gasteiger partial charge in [0.15, 0.2) is 0 Å². The van der Waals surface area contributed by atoms with E-state index in [1.54, 1.807) is 10.4 Å². The zero-order valence-corrected chi connectivity index (χ0v) is 13.3. The number of nitrogens with zero attached hydrogens (tertiary/aromatic N) is 1. The predicted molar refractivity (Wildman–Crippen MR) is 81.3 cm³/mol. The van der Waals surface area contributed by atoms with Gasteiger partial charge in [0.1, 0.15) is 4.21 Å². The summed E-state index contributed by atoms with van der Waals surface area (Å²) >= 11 is 1.38. The van der Waals surface area contributed by atoms with Crippen molar-refractivity contribution >= 4 is 21.4 Å². The van der Waals surface area contributed by atoms with Gasteiger partial charge in [0.25, 0.3) is 10.0 Å². The number of fused-ring (bicyclic) bond motifs is 1. The summed E-state index contributed by atoms with van der Waals surface area (Å²) in [6.45, 7) is 1.26. The van der Waals surface area contributed by atoms with Gasteiger partial charge in [-0.15, -0.1) is 11.3 Å². The van der Waals surface area contributed by atoms with Gasteiger partial charge in [-0.1, -0.05) is 12.8 Å². The van der Waals surface area contributed by atoms with Crippen molar-refractivity contribution < 1.29 is 8.42 Å². The monoisotopic (exact) mass is 314 g/mol. The molecule has 2 N–H and O–H groups in total. The molecule has 1 aliphatic carbocycles. The van der Waals surface area contributed by atoms with Gasteiger partial charge in [-0.25, -0.2) is 8.42 Å². The van der Waals surface area contributed by atoms with Crippen molar-refractivity contribution in [3.63, 3.8) is 0 Å². The molecule has 3 rings (SSSR count). The van der Waals surface area contributed by atoms with E-state index in [1.165, 1.54) is 24.2 Å². The van der Waals surface area contributed by atoms with Crippen LogP contribution in [0, 0.1) is 5.92 Å². The largest absolute Gasteiger partial charge is 0.330 e. The Morgan fingerprint density at radius 1 is 1.25 bits per heavy atom. The van der Waals surface area contributed by atoms with Gasteiger partial charge in [0, 0.05) is 17.5 Å². The van der Waals surface area contributed by atoms with Crippen LogP contribution in [-0.2, 0) is 16.4 Å². The number of thiophene rings is 1. The molecule has 1 aromatic heterocycles. The average molecular weight is 314 g/mol. The van der Waals surface area contributed by atoms with Crippen LogP contribution < -0.4 is 5.73 Å². The summed E-state index contributed by atoms with van der Waals surface area (Å²) in [5, 5.41) is 0. The maximum Gasteiger partial charge on any atom is 0.252 e. The minimum atomic E-state index is -3.30. The highest BCUT2D eigenvalue weighted by Gasteiger charge is 2.42. The Kier molecular flexibility index (Phi) is 4.17. The van der Waals surface area contributed by atoms with Crippen LogP contribution in [-0.4, -0.2) is 31.9 Å². The molecule has 2 unspecified atom stereocenters. The third kappa shape index (κ3) is 2.54. The molecule has 0 spiro atoms. The molecule has 4 nitrogen and oxygen atoms in total. The fraction of sp³-hybridized carbons (Fsp3) is 0.714. The lowest BCUT2D eigenvalue weighted by Crippen LogP contribution is -2.38. The Hall–Kier alpha value is -0.430. The summed E-state index contributed by atoms with van der Waals surface area (Å²) in [7, 11) is -3.30. The molecule has 0 aromatic carbocycles. The van der Waals surface area contributed by atoms with Gasteiger partial charge in [0.2, 0.25) is 0 Å². The molecule has 1 saturated carbocycles. The van der Waals surface area contributed by atoms with Crippen LogP contribution in [0.5, 0.6) is 0 Å². The number of hydrogen-bond donors (Lipinski definition) is 1. The van der Waals surface area contributed by atoms with E-state index in [0.29, 0.717) is 23.2 Å². The van der Waals surface area contributed by atoms with Gasteiger partial charge in [-0.2, -0.15) is 4.31 Å². The van der Waals surface area contributed by atoms with Crippen molar-refractivity contribution in [2.75, 3.05) is 13.1 Å². The first-order valence-electron chi connectivity index (χ1n) is 7.43. The number of sulfonamides is 1. The van der Waals surface area contributed by atoms with Crippen LogP contribution in [0.4, 0.5) is 0 Å². The molecule has 2 aliphatic rings. The molecule has 2 atom stereocenters. The third-order valence-corrected chi connectivity index (χ3v) is 8.09. The second-order valence-corrected chi connectivity index (χ2v) is 9.06. The summed E-state index contributed by atoms with van der Waals surface area (Å²) in [6, 6.07) is 3.90. The highest BCUT2D eigenvalue weighted by Crippen LogP contribution is 2.40. The van der Waals surface area contributed by atoms with Gasteiger partial charge in [-0.05, 0) is 50.3 Å².